The number of benzene rings is 1. The largest absolute Gasteiger partial charge is 0.314 e. The molecule has 1 aromatic carbocycles. The van der Waals surface area contributed by atoms with E-state index in [2.05, 4.69) is 47.3 Å². The first-order valence-corrected chi connectivity index (χ1v) is 9.27. The Kier molecular flexibility index (Phi) is 5.09. The molecule has 1 aromatic heterocycles. The summed E-state index contributed by atoms with van der Waals surface area (Å²) in [6.07, 6.45) is 6.87. The lowest BCUT2D eigenvalue weighted by atomic mass is 9.61. The van der Waals surface area contributed by atoms with Gasteiger partial charge in [0.2, 0.25) is 0 Å². The van der Waals surface area contributed by atoms with E-state index in [9.17, 15) is 0 Å². The van der Waals surface area contributed by atoms with Crippen LogP contribution in [0.2, 0.25) is 5.02 Å². The Morgan fingerprint density at radius 1 is 1.12 bits per heavy atom. The van der Waals surface area contributed by atoms with Gasteiger partial charge in [0.05, 0.1) is 5.41 Å². The van der Waals surface area contributed by atoms with Crippen LogP contribution >= 0.6 is 11.6 Å². The number of hydrogen-bond acceptors (Lipinski definition) is 2. The van der Waals surface area contributed by atoms with Gasteiger partial charge in [0, 0.05) is 11.6 Å². The number of allylic oxidation sites excluding steroid dienone is 1. The molecule has 24 heavy (non-hydrogen) atoms. The molecule has 0 atom stereocenters. The van der Waals surface area contributed by atoms with Crippen molar-refractivity contribution in [2.45, 2.75) is 64.3 Å². The minimum Gasteiger partial charge on any atom is -0.314 e. The molecule has 1 aliphatic rings. The van der Waals surface area contributed by atoms with Crippen LogP contribution in [0, 0.1) is 6.92 Å². The first-order chi connectivity index (χ1) is 11.6. The summed E-state index contributed by atoms with van der Waals surface area (Å²) in [4.78, 5) is 0. The van der Waals surface area contributed by atoms with Crippen molar-refractivity contribution in [2.75, 3.05) is 0 Å². The van der Waals surface area contributed by atoms with E-state index in [0.29, 0.717) is 0 Å². The lowest BCUT2D eigenvalue weighted by Gasteiger charge is -2.43. The van der Waals surface area contributed by atoms with Gasteiger partial charge in [-0.3, -0.25) is 0 Å². The summed E-state index contributed by atoms with van der Waals surface area (Å²) in [5.74, 6) is 2.10. The predicted molar refractivity (Wildman–Crippen MR) is 99.5 cm³/mol. The van der Waals surface area contributed by atoms with E-state index in [1.807, 2.05) is 12.1 Å². The van der Waals surface area contributed by atoms with Gasteiger partial charge in [-0.05, 0) is 43.9 Å². The summed E-state index contributed by atoms with van der Waals surface area (Å²) < 4.78 is 2.32. The molecule has 0 saturated heterocycles. The summed E-state index contributed by atoms with van der Waals surface area (Å²) in [6.45, 7) is 9.46. The molecule has 0 unspecified atom stereocenters. The van der Waals surface area contributed by atoms with Gasteiger partial charge in [0.15, 0.2) is 0 Å². The topological polar surface area (TPSA) is 30.7 Å². The van der Waals surface area contributed by atoms with Crippen molar-refractivity contribution >= 4 is 11.6 Å². The molecule has 1 aliphatic carbocycles. The van der Waals surface area contributed by atoms with Crippen LogP contribution < -0.4 is 0 Å². The van der Waals surface area contributed by atoms with E-state index in [1.54, 1.807) is 0 Å². The molecule has 3 rings (SSSR count). The summed E-state index contributed by atoms with van der Waals surface area (Å²) in [7, 11) is 0. The standard InChI is InChI=1S/C20H26ClN3/c1-4-5-6-7-12-24-16(3)22-23-19(24)20(13-15(2)14-20)17-8-10-18(21)11-9-17/h8-11H,2,4-7,12-14H2,1,3H3. The van der Waals surface area contributed by atoms with Gasteiger partial charge in [0.1, 0.15) is 11.6 Å². The number of unbranched alkanes of at least 4 members (excludes halogenated alkanes) is 3. The second kappa shape index (κ2) is 7.10. The van der Waals surface area contributed by atoms with Gasteiger partial charge in [-0.25, -0.2) is 0 Å². The van der Waals surface area contributed by atoms with Crippen LogP contribution in [-0.2, 0) is 12.0 Å². The third kappa shape index (κ3) is 3.14. The van der Waals surface area contributed by atoms with Crippen molar-refractivity contribution in [2.24, 2.45) is 0 Å². The first-order valence-electron chi connectivity index (χ1n) is 8.90. The van der Waals surface area contributed by atoms with Gasteiger partial charge in [-0.1, -0.05) is 62.1 Å². The molecule has 0 N–H and O–H groups in total. The minimum atomic E-state index is -0.0896. The van der Waals surface area contributed by atoms with Crippen LogP contribution in [0.5, 0.6) is 0 Å². The third-order valence-electron chi connectivity index (χ3n) is 5.10. The second-order valence-corrected chi connectivity index (χ2v) is 7.41. The maximum atomic E-state index is 6.08. The zero-order chi connectivity index (χ0) is 17.2. The zero-order valence-electron chi connectivity index (χ0n) is 14.7. The fourth-order valence-electron chi connectivity index (χ4n) is 3.76. The number of halogens is 1. The Balaban J connectivity index is 1.92. The van der Waals surface area contributed by atoms with Gasteiger partial charge in [0.25, 0.3) is 0 Å². The minimum absolute atomic E-state index is 0.0896. The lowest BCUT2D eigenvalue weighted by Crippen LogP contribution is -2.40. The highest BCUT2D eigenvalue weighted by molar-refractivity contribution is 6.30. The van der Waals surface area contributed by atoms with Gasteiger partial charge in [-0.15, -0.1) is 10.2 Å². The summed E-state index contributed by atoms with van der Waals surface area (Å²) in [5.41, 5.74) is 2.46. The first kappa shape index (κ1) is 17.2. The summed E-state index contributed by atoms with van der Waals surface area (Å²) >= 11 is 6.08. The van der Waals surface area contributed by atoms with Crippen LogP contribution in [-0.4, -0.2) is 14.8 Å². The maximum absolute atomic E-state index is 6.08. The smallest absolute Gasteiger partial charge is 0.144 e. The lowest BCUT2D eigenvalue weighted by molar-refractivity contribution is 0.359. The average Bonchev–Trinajstić information content (AvgIpc) is 2.90. The number of aryl methyl sites for hydroxylation is 1. The molecular weight excluding hydrogens is 318 g/mol. The highest BCUT2D eigenvalue weighted by Crippen LogP contribution is 2.51. The average molecular weight is 344 g/mol. The maximum Gasteiger partial charge on any atom is 0.144 e. The molecule has 0 bridgehead atoms. The number of nitrogens with zero attached hydrogens (tertiary/aromatic N) is 3. The van der Waals surface area contributed by atoms with Crippen molar-refractivity contribution in [1.29, 1.82) is 0 Å². The van der Waals surface area contributed by atoms with Crippen molar-refractivity contribution in [1.82, 2.24) is 14.8 Å². The van der Waals surface area contributed by atoms with Crippen molar-refractivity contribution in [3.8, 4) is 0 Å². The molecule has 0 aliphatic heterocycles. The molecular formula is C20H26ClN3. The quantitative estimate of drug-likeness (QED) is 0.494. The Morgan fingerprint density at radius 2 is 1.83 bits per heavy atom. The van der Waals surface area contributed by atoms with Crippen molar-refractivity contribution in [3.05, 3.63) is 58.7 Å². The Labute approximate surface area is 149 Å². The van der Waals surface area contributed by atoms with Crippen LogP contribution in [0.15, 0.2) is 36.4 Å². The number of rotatable bonds is 7. The van der Waals surface area contributed by atoms with Crippen LogP contribution in [0.1, 0.15) is 62.7 Å². The molecule has 1 heterocycles. The monoisotopic (exact) mass is 343 g/mol. The fraction of sp³-hybridized carbons (Fsp3) is 0.500. The van der Waals surface area contributed by atoms with Crippen molar-refractivity contribution in [3.63, 3.8) is 0 Å². The molecule has 0 spiro atoms. The number of aromatic nitrogens is 3. The SMILES string of the molecule is C=C1CC(c2ccc(Cl)cc2)(c2nnc(C)n2CCCCCC)C1. The van der Waals surface area contributed by atoms with Gasteiger partial charge in [-0.2, -0.15) is 0 Å². The Hall–Kier alpha value is -1.61. The van der Waals surface area contributed by atoms with Crippen LogP contribution in [0.3, 0.4) is 0 Å². The molecule has 0 radical (unpaired) electrons. The van der Waals surface area contributed by atoms with Gasteiger partial charge < -0.3 is 4.57 Å². The molecule has 0 amide bonds. The second-order valence-electron chi connectivity index (χ2n) is 6.98. The van der Waals surface area contributed by atoms with Crippen LogP contribution in [0.25, 0.3) is 0 Å². The van der Waals surface area contributed by atoms with E-state index in [1.165, 1.54) is 36.8 Å². The van der Waals surface area contributed by atoms with E-state index >= 15 is 0 Å². The molecule has 1 fully saturated rings. The summed E-state index contributed by atoms with van der Waals surface area (Å²) in [5, 5.41) is 9.74. The molecule has 2 aromatic rings. The Morgan fingerprint density at radius 3 is 2.46 bits per heavy atom. The normalized spacial score (nSPS) is 16.2. The van der Waals surface area contributed by atoms with Crippen molar-refractivity contribution < 1.29 is 0 Å². The summed E-state index contributed by atoms with van der Waals surface area (Å²) in [6, 6.07) is 8.18. The molecule has 128 valence electrons. The fourth-order valence-corrected chi connectivity index (χ4v) is 3.89. The highest BCUT2D eigenvalue weighted by Gasteiger charge is 2.46. The van der Waals surface area contributed by atoms with E-state index in [-0.39, 0.29) is 5.41 Å². The van der Waals surface area contributed by atoms with Crippen LogP contribution in [0.4, 0.5) is 0 Å². The zero-order valence-corrected chi connectivity index (χ0v) is 15.4. The predicted octanol–water partition coefficient (Wildman–Crippen LogP) is 5.46. The van der Waals surface area contributed by atoms with E-state index in [4.69, 9.17) is 11.6 Å². The van der Waals surface area contributed by atoms with E-state index < -0.39 is 0 Å². The van der Waals surface area contributed by atoms with E-state index in [0.717, 1.165) is 36.1 Å². The Bertz CT molecular complexity index is 707. The molecule has 3 nitrogen and oxygen atoms in total. The third-order valence-corrected chi connectivity index (χ3v) is 5.35. The van der Waals surface area contributed by atoms with Gasteiger partial charge >= 0.3 is 0 Å². The number of hydrogen-bond donors (Lipinski definition) is 0. The molecule has 4 heteroatoms. The molecule has 1 saturated carbocycles. The highest BCUT2D eigenvalue weighted by atomic mass is 35.5.